The molecular formula is C17H13Cl2N3O2S. The van der Waals surface area contributed by atoms with Crippen molar-refractivity contribution in [3.05, 3.63) is 58.6 Å². The summed E-state index contributed by atoms with van der Waals surface area (Å²) in [6.45, 7) is 0. The molecule has 1 unspecified atom stereocenters. The Morgan fingerprint density at radius 3 is 2.72 bits per heavy atom. The van der Waals surface area contributed by atoms with Gasteiger partial charge in [0.15, 0.2) is 5.17 Å². The third-order valence-corrected chi connectivity index (χ3v) is 4.98. The third-order valence-electron chi connectivity index (χ3n) is 3.34. The first-order chi connectivity index (χ1) is 12.0. The number of hydrogen-bond acceptors (Lipinski definition) is 4. The van der Waals surface area contributed by atoms with Crippen LogP contribution in [-0.4, -0.2) is 22.2 Å². The van der Waals surface area contributed by atoms with Gasteiger partial charge in [-0.15, -0.1) is 0 Å². The van der Waals surface area contributed by atoms with Gasteiger partial charge in [-0.1, -0.05) is 53.2 Å². The second kappa shape index (κ2) is 7.91. The van der Waals surface area contributed by atoms with Crippen molar-refractivity contribution in [1.29, 1.82) is 0 Å². The van der Waals surface area contributed by atoms with Gasteiger partial charge in [-0.05, 0) is 30.3 Å². The molecule has 0 aliphatic carbocycles. The molecule has 1 heterocycles. The summed E-state index contributed by atoms with van der Waals surface area (Å²) in [5.41, 5.74) is 1.15. The van der Waals surface area contributed by atoms with E-state index >= 15 is 0 Å². The Bertz CT molecular complexity index is 843. The number of amidine groups is 1. The van der Waals surface area contributed by atoms with Crippen molar-refractivity contribution in [2.24, 2.45) is 4.99 Å². The Balaban J connectivity index is 1.63. The molecule has 2 amide bonds. The van der Waals surface area contributed by atoms with Gasteiger partial charge in [0.05, 0.1) is 16.4 Å². The lowest BCUT2D eigenvalue weighted by Crippen LogP contribution is -2.28. The number of halogens is 2. The van der Waals surface area contributed by atoms with E-state index < -0.39 is 5.25 Å². The zero-order valence-electron chi connectivity index (χ0n) is 12.8. The van der Waals surface area contributed by atoms with Crippen molar-refractivity contribution in [3.63, 3.8) is 0 Å². The van der Waals surface area contributed by atoms with Gasteiger partial charge in [0, 0.05) is 11.4 Å². The van der Waals surface area contributed by atoms with E-state index in [9.17, 15) is 9.59 Å². The maximum atomic E-state index is 12.2. The van der Waals surface area contributed by atoms with Crippen molar-refractivity contribution < 1.29 is 9.59 Å². The fraction of sp³-hybridized carbons (Fsp3) is 0.118. The van der Waals surface area contributed by atoms with E-state index in [1.165, 1.54) is 11.8 Å². The molecule has 2 aromatic carbocycles. The van der Waals surface area contributed by atoms with Crippen LogP contribution in [0.15, 0.2) is 53.5 Å². The summed E-state index contributed by atoms with van der Waals surface area (Å²) in [5.74, 6) is -0.565. The fourth-order valence-corrected chi connectivity index (χ4v) is 3.50. The van der Waals surface area contributed by atoms with Crippen LogP contribution in [0.3, 0.4) is 0 Å². The predicted molar refractivity (Wildman–Crippen MR) is 103 cm³/mol. The van der Waals surface area contributed by atoms with Crippen LogP contribution in [0.25, 0.3) is 0 Å². The molecule has 5 nitrogen and oxygen atoms in total. The summed E-state index contributed by atoms with van der Waals surface area (Å²) in [5, 5.41) is 6.15. The number of anilines is 1. The Labute approximate surface area is 158 Å². The molecule has 0 radical (unpaired) electrons. The molecule has 1 saturated heterocycles. The molecule has 0 saturated carbocycles. The average Bonchev–Trinajstić information content (AvgIpc) is 2.91. The zero-order chi connectivity index (χ0) is 17.8. The minimum atomic E-state index is -0.541. The van der Waals surface area contributed by atoms with E-state index in [0.29, 0.717) is 20.9 Å². The van der Waals surface area contributed by atoms with Gasteiger partial charge in [0.1, 0.15) is 5.25 Å². The van der Waals surface area contributed by atoms with Crippen LogP contribution in [0.5, 0.6) is 0 Å². The molecule has 0 aromatic heterocycles. The molecule has 3 rings (SSSR count). The molecule has 128 valence electrons. The number of carbonyl (C=O) groups is 2. The number of nitrogens with one attached hydrogen (secondary N) is 2. The van der Waals surface area contributed by atoms with Crippen LogP contribution in [0.1, 0.15) is 6.42 Å². The minimum Gasteiger partial charge on any atom is -0.325 e. The summed E-state index contributed by atoms with van der Waals surface area (Å²) in [4.78, 5) is 28.6. The Morgan fingerprint density at radius 1 is 1.20 bits per heavy atom. The molecule has 2 aromatic rings. The largest absolute Gasteiger partial charge is 0.325 e. The summed E-state index contributed by atoms with van der Waals surface area (Å²) in [6, 6.07) is 14.1. The highest BCUT2D eigenvalue weighted by atomic mass is 35.5. The molecule has 0 spiro atoms. The van der Waals surface area contributed by atoms with Gasteiger partial charge in [-0.3, -0.25) is 9.59 Å². The van der Waals surface area contributed by atoms with Gasteiger partial charge in [-0.2, -0.15) is 0 Å². The van der Waals surface area contributed by atoms with Gasteiger partial charge in [-0.25, -0.2) is 4.99 Å². The van der Waals surface area contributed by atoms with E-state index in [1.54, 1.807) is 18.2 Å². The number of thioether (sulfide) groups is 1. The maximum absolute atomic E-state index is 12.2. The Hall–Kier alpha value is -2.02. The molecule has 0 bridgehead atoms. The van der Waals surface area contributed by atoms with E-state index in [0.717, 1.165) is 5.69 Å². The maximum Gasteiger partial charge on any atom is 0.240 e. The van der Waals surface area contributed by atoms with Crippen molar-refractivity contribution >= 4 is 63.3 Å². The zero-order valence-corrected chi connectivity index (χ0v) is 15.2. The van der Waals surface area contributed by atoms with Crippen LogP contribution in [-0.2, 0) is 9.59 Å². The van der Waals surface area contributed by atoms with Gasteiger partial charge < -0.3 is 10.6 Å². The first kappa shape index (κ1) is 17.8. The van der Waals surface area contributed by atoms with Gasteiger partial charge >= 0.3 is 0 Å². The Morgan fingerprint density at radius 2 is 1.96 bits per heavy atom. The first-order valence-electron chi connectivity index (χ1n) is 7.37. The highest BCUT2D eigenvalue weighted by Gasteiger charge is 2.32. The molecule has 2 N–H and O–H groups in total. The number of carbonyl (C=O) groups excluding carboxylic acids is 2. The highest BCUT2D eigenvalue weighted by molar-refractivity contribution is 8.15. The minimum absolute atomic E-state index is 0.00710. The van der Waals surface area contributed by atoms with E-state index in [1.807, 2.05) is 30.3 Å². The third kappa shape index (κ3) is 4.75. The van der Waals surface area contributed by atoms with Gasteiger partial charge in [0.25, 0.3) is 0 Å². The predicted octanol–water partition coefficient (Wildman–Crippen LogP) is 4.24. The van der Waals surface area contributed by atoms with Crippen LogP contribution in [0.4, 0.5) is 11.4 Å². The van der Waals surface area contributed by atoms with E-state index in [4.69, 9.17) is 23.2 Å². The molecule has 1 atom stereocenters. The van der Waals surface area contributed by atoms with Gasteiger partial charge in [0.2, 0.25) is 11.8 Å². The second-order valence-electron chi connectivity index (χ2n) is 5.22. The van der Waals surface area contributed by atoms with Crippen LogP contribution in [0.2, 0.25) is 10.0 Å². The summed E-state index contributed by atoms with van der Waals surface area (Å²) < 4.78 is 0. The number of rotatable bonds is 4. The van der Waals surface area contributed by atoms with E-state index in [2.05, 4.69) is 15.6 Å². The summed E-state index contributed by atoms with van der Waals surface area (Å²) in [7, 11) is 0. The fourth-order valence-electron chi connectivity index (χ4n) is 2.17. The SMILES string of the molecule is O=C(CC1SC(=Nc2ccccc2)NC1=O)Nc1cc(Cl)ccc1Cl. The summed E-state index contributed by atoms with van der Waals surface area (Å²) >= 11 is 13.1. The van der Waals surface area contributed by atoms with Crippen molar-refractivity contribution in [1.82, 2.24) is 5.32 Å². The second-order valence-corrected chi connectivity index (χ2v) is 7.26. The van der Waals surface area contributed by atoms with Crippen LogP contribution < -0.4 is 10.6 Å². The number of aliphatic imine (C=N–C) groups is 1. The Kier molecular flexibility index (Phi) is 5.63. The molecule has 1 aliphatic heterocycles. The normalized spacial score (nSPS) is 18.2. The van der Waals surface area contributed by atoms with Crippen LogP contribution in [0, 0.1) is 0 Å². The molecule has 1 aliphatic rings. The van der Waals surface area contributed by atoms with Crippen molar-refractivity contribution in [2.45, 2.75) is 11.7 Å². The number of hydrogen-bond donors (Lipinski definition) is 2. The average molecular weight is 394 g/mol. The lowest BCUT2D eigenvalue weighted by molar-refractivity contribution is -0.122. The number of benzene rings is 2. The molecular weight excluding hydrogens is 381 g/mol. The molecule has 8 heteroatoms. The lowest BCUT2D eigenvalue weighted by Gasteiger charge is -2.09. The summed E-state index contributed by atoms with van der Waals surface area (Å²) in [6.07, 6.45) is 0.00710. The monoisotopic (exact) mass is 393 g/mol. The molecule has 1 fully saturated rings. The van der Waals surface area contributed by atoms with E-state index in [-0.39, 0.29) is 18.2 Å². The standard InChI is InChI=1S/C17H13Cl2N3O2S/c18-10-6-7-12(19)13(8-10)21-15(23)9-14-16(24)22-17(25-14)20-11-4-2-1-3-5-11/h1-8,14H,9H2,(H,21,23)(H,20,22,24). The number of para-hydroxylation sites is 1. The number of amides is 2. The topological polar surface area (TPSA) is 70.6 Å². The quantitative estimate of drug-likeness (QED) is 0.815. The first-order valence-corrected chi connectivity index (χ1v) is 9.01. The highest BCUT2D eigenvalue weighted by Crippen LogP contribution is 2.28. The number of nitrogens with zero attached hydrogens (tertiary/aromatic N) is 1. The lowest BCUT2D eigenvalue weighted by atomic mass is 10.2. The van der Waals surface area contributed by atoms with Crippen molar-refractivity contribution in [2.75, 3.05) is 5.32 Å². The van der Waals surface area contributed by atoms with Crippen LogP contribution >= 0.6 is 35.0 Å². The molecule has 25 heavy (non-hydrogen) atoms. The smallest absolute Gasteiger partial charge is 0.240 e. The van der Waals surface area contributed by atoms with Crippen molar-refractivity contribution in [3.8, 4) is 0 Å².